The van der Waals surface area contributed by atoms with Gasteiger partial charge in [0.2, 0.25) is 5.13 Å². The number of hydrogen-bond donors (Lipinski definition) is 3. The average molecular weight is 249 g/mol. The standard InChI is InChI=1S/C10H11N5OS/c1-6-14-15-10(17-6)13-9(16)12-8-4-2-3-7(11)5-8/h2-5H,11H2,1H3,(H2,12,13,15,16). The first kappa shape index (κ1) is 11.3. The van der Waals surface area contributed by atoms with Crippen molar-refractivity contribution in [2.24, 2.45) is 0 Å². The zero-order valence-corrected chi connectivity index (χ0v) is 9.91. The normalized spacial score (nSPS) is 9.94. The Morgan fingerprint density at radius 3 is 2.82 bits per heavy atom. The van der Waals surface area contributed by atoms with Crippen molar-refractivity contribution in [1.29, 1.82) is 0 Å². The van der Waals surface area contributed by atoms with E-state index in [4.69, 9.17) is 5.73 Å². The fourth-order valence-electron chi connectivity index (χ4n) is 1.22. The number of nitrogen functional groups attached to an aromatic ring is 1. The molecule has 0 saturated heterocycles. The molecule has 0 atom stereocenters. The number of hydrogen-bond acceptors (Lipinski definition) is 5. The zero-order valence-electron chi connectivity index (χ0n) is 9.10. The van der Waals surface area contributed by atoms with Crippen LogP contribution in [-0.4, -0.2) is 16.2 Å². The molecule has 2 rings (SSSR count). The Balaban J connectivity index is 1.98. The molecule has 0 bridgehead atoms. The van der Waals surface area contributed by atoms with E-state index in [-0.39, 0.29) is 6.03 Å². The molecule has 4 N–H and O–H groups in total. The summed E-state index contributed by atoms with van der Waals surface area (Å²) in [6.45, 7) is 1.82. The number of carbonyl (C=O) groups excluding carboxylic acids is 1. The minimum absolute atomic E-state index is 0.369. The number of anilines is 3. The van der Waals surface area contributed by atoms with Crippen LogP contribution in [0.1, 0.15) is 5.01 Å². The first-order valence-corrected chi connectivity index (χ1v) is 5.69. The number of nitrogens with zero attached hydrogens (tertiary/aromatic N) is 2. The lowest BCUT2D eigenvalue weighted by Gasteiger charge is -2.05. The highest BCUT2D eigenvalue weighted by Crippen LogP contribution is 2.15. The molecular weight excluding hydrogens is 238 g/mol. The first-order chi connectivity index (χ1) is 8.13. The molecule has 1 aromatic carbocycles. The highest BCUT2D eigenvalue weighted by Gasteiger charge is 2.06. The van der Waals surface area contributed by atoms with Gasteiger partial charge in [-0.2, -0.15) is 0 Å². The predicted octanol–water partition coefficient (Wildman–Crippen LogP) is 2.07. The number of urea groups is 1. The summed E-state index contributed by atoms with van der Waals surface area (Å²) in [6, 6.07) is 6.57. The summed E-state index contributed by atoms with van der Waals surface area (Å²) in [4.78, 5) is 11.6. The third-order valence-corrected chi connectivity index (χ3v) is 2.65. The maximum absolute atomic E-state index is 11.6. The van der Waals surface area contributed by atoms with Crippen LogP contribution in [0.15, 0.2) is 24.3 Å². The number of carbonyl (C=O) groups is 1. The van der Waals surface area contributed by atoms with Gasteiger partial charge in [-0.3, -0.25) is 5.32 Å². The van der Waals surface area contributed by atoms with E-state index in [1.54, 1.807) is 24.3 Å². The maximum Gasteiger partial charge on any atom is 0.325 e. The Bertz CT molecular complexity index is 539. The summed E-state index contributed by atoms with van der Waals surface area (Å²) in [5, 5.41) is 14.1. The molecule has 0 fully saturated rings. The number of nitrogens with two attached hydrogens (primary N) is 1. The first-order valence-electron chi connectivity index (χ1n) is 4.87. The number of rotatable bonds is 2. The summed E-state index contributed by atoms with van der Waals surface area (Å²) in [6.07, 6.45) is 0. The molecule has 2 amide bonds. The van der Waals surface area contributed by atoms with Crippen LogP contribution in [0.3, 0.4) is 0 Å². The number of aromatic nitrogens is 2. The average Bonchev–Trinajstić information content (AvgIpc) is 2.63. The molecule has 88 valence electrons. The van der Waals surface area contributed by atoms with E-state index in [9.17, 15) is 4.79 Å². The van der Waals surface area contributed by atoms with Crippen molar-refractivity contribution in [3.8, 4) is 0 Å². The quantitative estimate of drug-likeness (QED) is 0.710. The lowest BCUT2D eigenvalue weighted by molar-refractivity contribution is 0.262. The molecule has 17 heavy (non-hydrogen) atoms. The van der Waals surface area contributed by atoms with Gasteiger partial charge in [0, 0.05) is 11.4 Å². The lowest BCUT2D eigenvalue weighted by Crippen LogP contribution is -2.19. The lowest BCUT2D eigenvalue weighted by atomic mass is 10.3. The molecule has 1 heterocycles. The van der Waals surface area contributed by atoms with Gasteiger partial charge >= 0.3 is 6.03 Å². The Morgan fingerprint density at radius 1 is 1.35 bits per heavy atom. The van der Waals surface area contributed by atoms with Crippen molar-refractivity contribution in [2.45, 2.75) is 6.92 Å². The third-order valence-electron chi connectivity index (χ3n) is 1.89. The summed E-state index contributed by atoms with van der Waals surface area (Å²) < 4.78 is 0. The fraction of sp³-hybridized carbons (Fsp3) is 0.100. The summed E-state index contributed by atoms with van der Waals surface area (Å²) >= 11 is 1.31. The predicted molar refractivity (Wildman–Crippen MR) is 68.1 cm³/mol. The number of aryl methyl sites for hydroxylation is 1. The van der Waals surface area contributed by atoms with Crippen LogP contribution in [0.5, 0.6) is 0 Å². The third kappa shape index (κ3) is 3.15. The number of amides is 2. The summed E-state index contributed by atoms with van der Waals surface area (Å²) in [5.41, 5.74) is 6.82. The Kier molecular flexibility index (Phi) is 3.20. The Labute approximate surface area is 102 Å². The molecule has 0 aliphatic heterocycles. The Hall–Kier alpha value is -2.15. The Morgan fingerprint density at radius 2 is 2.18 bits per heavy atom. The van der Waals surface area contributed by atoms with Crippen molar-refractivity contribution < 1.29 is 4.79 Å². The van der Waals surface area contributed by atoms with Gasteiger partial charge in [-0.05, 0) is 25.1 Å². The van der Waals surface area contributed by atoms with Gasteiger partial charge in [0.25, 0.3) is 0 Å². The smallest absolute Gasteiger partial charge is 0.325 e. The van der Waals surface area contributed by atoms with Crippen molar-refractivity contribution in [3.05, 3.63) is 29.3 Å². The van der Waals surface area contributed by atoms with Gasteiger partial charge in [-0.25, -0.2) is 4.79 Å². The van der Waals surface area contributed by atoms with Gasteiger partial charge in [0.1, 0.15) is 5.01 Å². The van der Waals surface area contributed by atoms with Crippen molar-refractivity contribution in [2.75, 3.05) is 16.4 Å². The minimum Gasteiger partial charge on any atom is -0.399 e. The monoisotopic (exact) mass is 249 g/mol. The van der Waals surface area contributed by atoms with Gasteiger partial charge < -0.3 is 11.1 Å². The molecule has 2 aromatic rings. The van der Waals surface area contributed by atoms with E-state index in [2.05, 4.69) is 20.8 Å². The van der Waals surface area contributed by atoms with E-state index in [0.717, 1.165) is 5.01 Å². The van der Waals surface area contributed by atoms with Crippen molar-refractivity contribution in [1.82, 2.24) is 10.2 Å². The number of benzene rings is 1. The van der Waals surface area contributed by atoms with Gasteiger partial charge in [0.05, 0.1) is 0 Å². The van der Waals surface area contributed by atoms with E-state index >= 15 is 0 Å². The van der Waals surface area contributed by atoms with Crippen LogP contribution in [0.25, 0.3) is 0 Å². The van der Waals surface area contributed by atoms with Crippen LogP contribution in [-0.2, 0) is 0 Å². The van der Waals surface area contributed by atoms with Crippen LogP contribution >= 0.6 is 11.3 Å². The molecule has 0 unspecified atom stereocenters. The van der Waals surface area contributed by atoms with Gasteiger partial charge in [-0.1, -0.05) is 17.4 Å². The SMILES string of the molecule is Cc1nnc(NC(=O)Nc2cccc(N)c2)s1. The molecule has 0 spiro atoms. The molecule has 7 heteroatoms. The zero-order chi connectivity index (χ0) is 12.3. The van der Waals surface area contributed by atoms with Crippen LogP contribution in [0, 0.1) is 6.92 Å². The van der Waals surface area contributed by atoms with E-state index in [1.807, 2.05) is 6.92 Å². The summed E-state index contributed by atoms with van der Waals surface area (Å²) in [7, 11) is 0. The summed E-state index contributed by atoms with van der Waals surface area (Å²) in [5.74, 6) is 0. The fourth-order valence-corrected chi connectivity index (χ4v) is 1.81. The molecular formula is C10H11N5OS. The highest BCUT2D eigenvalue weighted by molar-refractivity contribution is 7.15. The molecule has 6 nitrogen and oxygen atoms in total. The molecule has 1 aromatic heterocycles. The molecule has 0 aliphatic rings. The second kappa shape index (κ2) is 4.79. The van der Waals surface area contributed by atoms with Crippen LogP contribution in [0.4, 0.5) is 21.3 Å². The van der Waals surface area contributed by atoms with Crippen LogP contribution in [0.2, 0.25) is 0 Å². The van der Waals surface area contributed by atoms with E-state index < -0.39 is 0 Å². The topological polar surface area (TPSA) is 92.9 Å². The van der Waals surface area contributed by atoms with Crippen molar-refractivity contribution >= 4 is 33.9 Å². The second-order valence-electron chi connectivity index (χ2n) is 3.33. The molecule has 0 aliphatic carbocycles. The van der Waals surface area contributed by atoms with Gasteiger partial charge in [0.15, 0.2) is 0 Å². The van der Waals surface area contributed by atoms with Crippen molar-refractivity contribution in [3.63, 3.8) is 0 Å². The minimum atomic E-state index is -0.369. The largest absolute Gasteiger partial charge is 0.399 e. The van der Waals surface area contributed by atoms with Gasteiger partial charge in [-0.15, -0.1) is 10.2 Å². The number of nitrogens with one attached hydrogen (secondary N) is 2. The van der Waals surface area contributed by atoms with E-state index in [1.165, 1.54) is 11.3 Å². The molecule has 0 saturated carbocycles. The van der Waals surface area contributed by atoms with E-state index in [0.29, 0.717) is 16.5 Å². The van der Waals surface area contributed by atoms with Crippen LogP contribution < -0.4 is 16.4 Å². The maximum atomic E-state index is 11.6. The second-order valence-corrected chi connectivity index (χ2v) is 4.51. The highest BCUT2D eigenvalue weighted by atomic mass is 32.1. The molecule has 0 radical (unpaired) electrons.